The number of benzene rings is 1. The van der Waals surface area contributed by atoms with Gasteiger partial charge in [-0.15, -0.1) is 0 Å². The number of anilines is 1. The first kappa shape index (κ1) is 13.7. The van der Waals surface area contributed by atoms with Crippen molar-refractivity contribution in [2.45, 2.75) is 27.7 Å². The fourth-order valence-electron chi connectivity index (χ4n) is 1.36. The van der Waals surface area contributed by atoms with Crippen molar-refractivity contribution < 1.29 is 4.79 Å². The van der Waals surface area contributed by atoms with Gasteiger partial charge in [0.05, 0.1) is 6.07 Å². The van der Waals surface area contributed by atoms with Crippen molar-refractivity contribution in [1.29, 1.82) is 5.26 Å². The summed E-state index contributed by atoms with van der Waals surface area (Å²) in [4.78, 5) is 11.8. The summed E-state index contributed by atoms with van der Waals surface area (Å²) in [7, 11) is 0. The number of amides is 1. The zero-order valence-corrected chi connectivity index (χ0v) is 12.0. The Kier molecular flexibility index (Phi) is 3.94. The van der Waals surface area contributed by atoms with Crippen molar-refractivity contribution in [3.8, 4) is 6.07 Å². The highest BCUT2D eigenvalue weighted by Gasteiger charge is 2.27. The molecule has 0 saturated carbocycles. The van der Waals surface area contributed by atoms with Gasteiger partial charge in [-0.3, -0.25) is 4.79 Å². The van der Waals surface area contributed by atoms with E-state index >= 15 is 0 Å². The summed E-state index contributed by atoms with van der Waals surface area (Å²) < 4.78 is 1.04. The maximum absolute atomic E-state index is 11.8. The van der Waals surface area contributed by atoms with Gasteiger partial charge in [0.1, 0.15) is 5.41 Å². The lowest BCUT2D eigenvalue weighted by Gasteiger charge is -2.16. The van der Waals surface area contributed by atoms with E-state index in [-0.39, 0.29) is 5.91 Å². The average Bonchev–Trinajstić information content (AvgIpc) is 2.25. The molecule has 0 aliphatic heterocycles. The fraction of sp³-hybridized carbons (Fsp3) is 0.385. The Hall–Kier alpha value is -1.34. The van der Waals surface area contributed by atoms with Crippen LogP contribution in [0.3, 0.4) is 0 Å². The molecule has 0 aliphatic carbocycles. The van der Waals surface area contributed by atoms with E-state index in [1.54, 1.807) is 13.8 Å². The van der Waals surface area contributed by atoms with Crippen molar-refractivity contribution in [3.05, 3.63) is 27.7 Å². The topological polar surface area (TPSA) is 52.9 Å². The Morgan fingerprint density at radius 1 is 1.35 bits per heavy atom. The van der Waals surface area contributed by atoms with Crippen LogP contribution in [-0.2, 0) is 4.79 Å². The molecule has 0 spiro atoms. The first-order chi connectivity index (χ1) is 7.77. The monoisotopic (exact) mass is 294 g/mol. The van der Waals surface area contributed by atoms with E-state index in [0.717, 1.165) is 21.3 Å². The molecule has 1 amide bonds. The van der Waals surface area contributed by atoms with Crippen molar-refractivity contribution in [2.24, 2.45) is 5.41 Å². The molecule has 17 heavy (non-hydrogen) atoms. The van der Waals surface area contributed by atoms with E-state index in [0.29, 0.717) is 0 Å². The molecule has 1 aromatic carbocycles. The van der Waals surface area contributed by atoms with E-state index < -0.39 is 5.41 Å². The van der Waals surface area contributed by atoms with Crippen LogP contribution in [0.4, 0.5) is 5.69 Å². The molecule has 0 unspecified atom stereocenters. The van der Waals surface area contributed by atoms with Crippen LogP contribution < -0.4 is 5.32 Å². The minimum absolute atomic E-state index is 0.291. The molecule has 0 aromatic heterocycles. The predicted octanol–water partition coefficient (Wildman–Crippen LogP) is 3.55. The van der Waals surface area contributed by atoms with Gasteiger partial charge in [0.2, 0.25) is 5.91 Å². The van der Waals surface area contributed by atoms with Crippen LogP contribution in [0.25, 0.3) is 0 Å². The normalized spacial score (nSPS) is 10.8. The lowest BCUT2D eigenvalue weighted by molar-refractivity contribution is -0.121. The largest absolute Gasteiger partial charge is 0.325 e. The van der Waals surface area contributed by atoms with Crippen LogP contribution in [-0.4, -0.2) is 5.91 Å². The highest BCUT2D eigenvalue weighted by molar-refractivity contribution is 9.10. The minimum atomic E-state index is -1.02. The number of rotatable bonds is 2. The average molecular weight is 295 g/mol. The van der Waals surface area contributed by atoms with Gasteiger partial charge in [0.15, 0.2) is 0 Å². The molecule has 4 heteroatoms. The third kappa shape index (κ3) is 3.07. The first-order valence-electron chi connectivity index (χ1n) is 5.27. The van der Waals surface area contributed by atoms with Gasteiger partial charge in [-0.05, 0) is 51.0 Å². The number of hydrogen-bond acceptors (Lipinski definition) is 2. The molecule has 0 aliphatic rings. The fourth-order valence-corrected chi connectivity index (χ4v) is 1.59. The predicted molar refractivity (Wildman–Crippen MR) is 71.6 cm³/mol. The number of nitrogens with zero attached hydrogens (tertiary/aromatic N) is 1. The zero-order chi connectivity index (χ0) is 13.2. The molecule has 0 heterocycles. The van der Waals surface area contributed by atoms with Gasteiger partial charge in [-0.1, -0.05) is 15.9 Å². The second kappa shape index (κ2) is 4.89. The van der Waals surface area contributed by atoms with E-state index in [4.69, 9.17) is 5.26 Å². The van der Waals surface area contributed by atoms with E-state index in [2.05, 4.69) is 21.2 Å². The Morgan fingerprint density at radius 2 is 1.82 bits per heavy atom. The van der Waals surface area contributed by atoms with Crippen LogP contribution in [0.15, 0.2) is 16.6 Å². The van der Waals surface area contributed by atoms with Gasteiger partial charge < -0.3 is 5.32 Å². The van der Waals surface area contributed by atoms with E-state index in [9.17, 15) is 4.79 Å². The maximum Gasteiger partial charge on any atom is 0.244 e. The third-order valence-corrected chi connectivity index (χ3v) is 3.79. The van der Waals surface area contributed by atoms with Gasteiger partial charge in [0.25, 0.3) is 0 Å². The number of hydrogen-bond donors (Lipinski definition) is 1. The summed E-state index contributed by atoms with van der Waals surface area (Å²) >= 11 is 3.47. The molecule has 0 radical (unpaired) electrons. The smallest absolute Gasteiger partial charge is 0.244 e. The Labute approximate surface area is 110 Å². The summed E-state index contributed by atoms with van der Waals surface area (Å²) in [5.74, 6) is -0.291. The van der Waals surface area contributed by atoms with Crippen molar-refractivity contribution in [2.75, 3.05) is 5.32 Å². The Morgan fingerprint density at radius 3 is 2.24 bits per heavy atom. The highest BCUT2D eigenvalue weighted by Crippen LogP contribution is 2.26. The molecule has 1 N–H and O–H groups in total. The summed E-state index contributed by atoms with van der Waals surface area (Å²) in [6.07, 6.45) is 0. The number of carbonyl (C=O) groups excluding carboxylic acids is 1. The molecule has 0 atom stereocenters. The van der Waals surface area contributed by atoms with Crippen molar-refractivity contribution in [1.82, 2.24) is 0 Å². The SMILES string of the molecule is Cc1cc(NC(=O)C(C)(C)C#N)cc(C)c1Br. The van der Waals surface area contributed by atoms with Gasteiger partial charge in [-0.25, -0.2) is 0 Å². The quantitative estimate of drug-likeness (QED) is 0.907. The molecule has 3 nitrogen and oxygen atoms in total. The molecule has 90 valence electrons. The number of carbonyl (C=O) groups is 1. The molecular formula is C13H15BrN2O. The lowest BCUT2D eigenvalue weighted by atomic mass is 9.94. The molecule has 1 rings (SSSR count). The summed E-state index contributed by atoms with van der Waals surface area (Å²) in [5, 5.41) is 11.6. The first-order valence-corrected chi connectivity index (χ1v) is 6.06. The van der Waals surface area contributed by atoms with Crippen LogP contribution >= 0.6 is 15.9 Å². The Bertz CT molecular complexity index is 478. The maximum atomic E-state index is 11.8. The number of aryl methyl sites for hydroxylation is 2. The van der Waals surface area contributed by atoms with Gasteiger partial charge in [0, 0.05) is 10.2 Å². The second-order valence-electron chi connectivity index (χ2n) is 4.61. The van der Waals surface area contributed by atoms with Crippen LogP contribution in [0.5, 0.6) is 0 Å². The second-order valence-corrected chi connectivity index (χ2v) is 5.41. The van der Waals surface area contributed by atoms with Gasteiger partial charge in [-0.2, -0.15) is 5.26 Å². The zero-order valence-electron chi connectivity index (χ0n) is 10.4. The minimum Gasteiger partial charge on any atom is -0.325 e. The van der Waals surface area contributed by atoms with Crippen molar-refractivity contribution >= 4 is 27.5 Å². The summed E-state index contributed by atoms with van der Waals surface area (Å²) in [6, 6.07) is 5.74. The summed E-state index contributed by atoms with van der Waals surface area (Å²) in [6.45, 7) is 7.12. The molecule has 0 saturated heterocycles. The van der Waals surface area contributed by atoms with Crippen LogP contribution in [0, 0.1) is 30.6 Å². The molecular weight excluding hydrogens is 280 g/mol. The number of halogens is 1. The molecule has 0 fully saturated rings. The van der Waals surface area contributed by atoms with E-state index in [1.807, 2.05) is 32.0 Å². The van der Waals surface area contributed by atoms with Crippen LogP contribution in [0.2, 0.25) is 0 Å². The number of nitrogens with one attached hydrogen (secondary N) is 1. The van der Waals surface area contributed by atoms with Crippen molar-refractivity contribution in [3.63, 3.8) is 0 Å². The van der Waals surface area contributed by atoms with E-state index in [1.165, 1.54) is 0 Å². The number of nitriles is 1. The Balaban J connectivity index is 2.99. The summed E-state index contributed by atoms with van der Waals surface area (Å²) in [5.41, 5.74) is 1.80. The van der Waals surface area contributed by atoms with Crippen LogP contribution in [0.1, 0.15) is 25.0 Å². The molecule has 0 bridgehead atoms. The lowest BCUT2D eigenvalue weighted by Crippen LogP contribution is -2.29. The third-order valence-electron chi connectivity index (χ3n) is 2.54. The van der Waals surface area contributed by atoms with Gasteiger partial charge >= 0.3 is 0 Å². The standard InChI is InChI=1S/C13H15BrN2O/c1-8-5-10(6-9(2)11(8)14)16-12(17)13(3,4)7-15/h5-6H,1-4H3,(H,16,17). The molecule has 1 aromatic rings. The highest BCUT2D eigenvalue weighted by atomic mass is 79.9.